The number of rotatable bonds is 7. The summed E-state index contributed by atoms with van der Waals surface area (Å²) in [6.45, 7) is 2.09. The maximum Gasteiger partial charge on any atom is 0.289 e. The van der Waals surface area contributed by atoms with E-state index in [1.807, 2.05) is 0 Å². The summed E-state index contributed by atoms with van der Waals surface area (Å²) in [5.74, 6) is -0.290. The monoisotopic (exact) mass is 335 g/mol. The number of halogens is 1. The van der Waals surface area contributed by atoms with E-state index in [9.17, 15) is 23.3 Å². The number of nitrogens with one attached hydrogen (secondary N) is 2. The van der Waals surface area contributed by atoms with Crippen LogP contribution in [-0.2, 0) is 14.8 Å². The fraction of sp³-hybridized carbons (Fsp3) is 0.364. The first kappa shape index (κ1) is 17.3. The van der Waals surface area contributed by atoms with Gasteiger partial charge in [-0.3, -0.25) is 14.9 Å². The summed E-state index contributed by atoms with van der Waals surface area (Å²) in [6, 6.07) is 3.17. The van der Waals surface area contributed by atoms with Crippen LogP contribution in [0.2, 0.25) is 5.02 Å². The minimum absolute atomic E-state index is 0.0250. The second-order valence-electron chi connectivity index (χ2n) is 3.97. The normalized spacial score (nSPS) is 11.1. The predicted octanol–water partition coefficient (Wildman–Crippen LogP) is 1.05. The molecule has 21 heavy (non-hydrogen) atoms. The lowest BCUT2D eigenvalue weighted by Gasteiger charge is -2.07. The second kappa shape index (κ2) is 7.34. The highest BCUT2D eigenvalue weighted by Crippen LogP contribution is 2.26. The van der Waals surface area contributed by atoms with Gasteiger partial charge in [0.2, 0.25) is 15.9 Å². The number of nitro benzene ring substituents is 1. The molecule has 0 heterocycles. The van der Waals surface area contributed by atoms with E-state index in [2.05, 4.69) is 10.0 Å². The lowest BCUT2D eigenvalue weighted by Crippen LogP contribution is -2.30. The molecule has 0 unspecified atom stereocenters. The first-order valence-corrected chi connectivity index (χ1v) is 7.84. The zero-order valence-corrected chi connectivity index (χ0v) is 12.7. The van der Waals surface area contributed by atoms with Crippen molar-refractivity contribution in [2.75, 3.05) is 13.1 Å². The largest absolute Gasteiger partial charge is 0.356 e. The van der Waals surface area contributed by atoms with Gasteiger partial charge in [0.1, 0.15) is 5.02 Å². The summed E-state index contributed by atoms with van der Waals surface area (Å²) in [4.78, 5) is 20.9. The van der Waals surface area contributed by atoms with E-state index in [0.29, 0.717) is 6.54 Å². The van der Waals surface area contributed by atoms with Gasteiger partial charge in [0.05, 0.1) is 9.82 Å². The molecule has 1 aromatic rings. The molecule has 0 atom stereocenters. The number of nitrogens with zero attached hydrogens (tertiary/aromatic N) is 1. The third-order valence-electron chi connectivity index (χ3n) is 2.44. The van der Waals surface area contributed by atoms with Gasteiger partial charge in [-0.05, 0) is 19.1 Å². The fourth-order valence-corrected chi connectivity index (χ4v) is 2.71. The molecule has 0 aliphatic heterocycles. The number of benzene rings is 1. The average molecular weight is 336 g/mol. The standard InChI is InChI=1S/C11H14ClN3O5S/c1-2-13-11(16)5-6-14-21(19,20)8-3-4-9(12)10(7-8)15(17)18/h3-4,7,14H,2,5-6H2,1H3,(H,13,16). The Bertz CT molecular complexity index is 647. The van der Waals surface area contributed by atoms with E-state index >= 15 is 0 Å². The zero-order valence-electron chi connectivity index (χ0n) is 11.1. The molecule has 10 heteroatoms. The molecule has 0 aliphatic carbocycles. The molecule has 0 bridgehead atoms. The molecule has 8 nitrogen and oxygen atoms in total. The molecule has 0 spiro atoms. The highest BCUT2D eigenvalue weighted by atomic mass is 35.5. The Morgan fingerprint density at radius 2 is 2.10 bits per heavy atom. The molecule has 0 saturated carbocycles. The Kier molecular flexibility index (Phi) is 6.06. The first-order valence-electron chi connectivity index (χ1n) is 5.98. The summed E-state index contributed by atoms with van der Waals surface area (Å²) in [5.41, 5.74) is -0.497. The van der Waals surface area contributed by atoms with Crippen LogP contribution >= 0.6 is 11.6 Å². The molecule has 0 aliphatic rings. The average Bonchev–Trinajstić information content (AvgIpc) is 2.38. The number of hydrogen-bond acceptors (Lipinski definition) is 5. The quantitative estimate of drug-likeness (QED) is 0.570. The third-order valence-corrected chi connectivity index (χ3v) is 4.22. The van der Waals surface area contributed by atoms with Crippen molar-refractivity contribution in [3.05, 3.63) is 33.3 Å². The van der Waals surface area contributed by atoms with Crippen molar-refractivity contribution in [2.45, 2.75) is 18.2 Å². The third kappa shape index (κ3) is 4.96. The Morgan fingerprint density at radius 1 is 1.43 bits per heavy atom. The molecular weight excluding hydrogens is 322 g/mol. The zero-order chi connectivity index (χ0) is 16.0. The Labute approximate surface area is 126 Å². The van der Waals surface area contributed by atoms with Gasteiger partial charge in [0.15, 0.2) is 0 Å². The molecule has 0 aromatic heterocycles. The fourth-order valence-electron chi connectivity index (χ4n) is 1.47. The van der Waals surface area contributed by atoms with Crippen molar-refractivity contribution >= 4 is 33.2 Å². The molecular formula is C11H14ClN3O5S. The lowest BCUT2D eigenvalue weighted by atomic mass is 10.3. The van der Waals surface area contributed by atoms with Crippen LogP contribution in [0, 0.1) is 10.1 Å². The summed E-state index contributed by atoms with van der Waals surface area (Å²) < 4.78 is 26.1. The smallest absolute Gasteiger partial charge is 0.289 e. The van der Waals surface area contributed by atoms with E-state index in [1.54, 1.807) is 6.92 Å². The van der Waals surface area contributed by atoms with Crippen LogP contribution in [0.25, 0.3) is 0 Å². The molecule has 1 rings (SSSR count). The Hall–Kier alpha value is -1.71. The van der Waals surface area contributed by atoms with Crippen LogP contribution < -0.4 is 10.0 Å². The van der Waals surface area contributed by atoms with Gasteiger partial charge in [-0.2, -0.15) is 0 Å². The van der Waals surface area contributed by atoms with Crippen LogP contribution in [-0.4, -0.2) is 32.3 Å². The van der Waals surface area contributed by atoms with Crippen molar-refractivity contribution in [3.63, 3.8) is 0 Å². The number of carbonyl (C=O) groups is 1. The van der Waals surface area contributed by atoms with Gasteiger partial charge in [-0.25, -0.2) is 13.1 Å². The van der Waals surface area contributed by atoms with Crippen molar-refractivity contribution < 1.29 is 18.1 Å². The number of hydrogen-bond donors (Lipinski definition) is 2. The molecule has 0 saturated heterocycles. The van der Waals surface area contributed by atoms with E-state index in [0.717, 1.165) is 18.2 Å². The van der Waals surface area contributed by atoms with Gasteiger partial charge < -0.3 is 5.32 Å². The molecule has 1 aromatic carbocycles. The summed E-state index contributed by atoms with van der Waals surface area (Å²) >= 11 is 5.61. The number of sulfonamides is 1. The summed E-state index contributed by atoms with van der Waals surface area (Å²) in [7, 11) is -3.94. The molecule has 116 valence electrons. The summed E-state index contributed by atoms with van der Waals surface area (Å²) in [5, 5.41) is 13.1. The van der Waals surface area contributed by atoms with E-state index in [-0.39, 0.29) is 28.8 Å². The van der Waals surface area contributed by atoms with Gasteiger partial charge in [0, 0.05) is 25.6 Å². The van der Waals surface area contributed by atoms with Gasteiger partial charge in [0.25, 0.3) is 5.69 Å². The van der Waals surface area contributed by atoms with Crippen LogP contribution in [0.5, 0.6) is 0 Å². The lowest BCUT2D eigenvalue weighted by molar-refractivity contribution is -0.384. The first-order chi connectivity index (χ1) is 9.77. The Morgan fingerprint density at radius 3 is 2.67 bits per heavy atom. The second-order valence-corrected chi connectivity index (χ2v) is 6.15. The number of nitro groups is 1. The van der Waals surface area contributed by atoms with Crippen LogP contribution in [0.1, 0.15) is 13.3 Å². The number of carbonyl (C=O) groups excluding carboxylic acids is 1. The molecule has 0 radical (unpaired) electrons. The molecule has 1 amide bonds. The maximum absolute atomic E-state index is 11.9. The SMILES string of the molecule is CCNC(=O)CCNS(=O)(=O)c1ccc(Cl)c([N+](=O)[O-])c1. The van der Waals surface area contributed by atoms with Gasteiger partial charge in [-0.1, -0.05) is 11.6 Å². The highest BCUT2D eigenvalue weighted by Gasteiger charge is 2.20. The molecule has 2 N–H and O–H groups in total. The van der Waals surface area contributed by atoms with E-state index < -0.39 is 20.6 Å². The van der Waals surface area contributed by atoms with Gasteiger partial charge >= 0.3 is 0 Å². The number of amides is 1. The van der Waals surface area contributed by atoms with Crippen LogP contribution in [0.15, 0.2) is 23.1 Å². The van der Waals surface area contributed by atoms with Crippen molar-refractivity contribution in [2.24, 2.45) is 0 Å². The molecule has 0 fully saturated rings. The van der Waals surface area contributed by atoms with Crippen molar-refractivity contribution in [3.8, 4) is 0 Å². The summed E-state index contributed by atoms with van der Waals surface area (Å²) in [6.07, 6.45) is -0.0250. The van der Waals surface area contributed by atoms with Crippen molar-refractivity contribution in [1.82, 2.24) is 10.0 Å². The minimum Gasteiger partial charge on any atom is -0.356 e. The van der Waals surface area contributed by atoms with Crippen molar-refractivity contribution in [1.29, 1.82) is 0 Å². The highest BCUT2D eigenvalue weighted by molar-refractivity contribution is 7.89. The predicted molar refractivity (Wildman–Crippen MR) is 76.6 cm³/mol. The van der Waals surface area contributed by atoms with Crippen LogP contribution in [0.3, 0.4) is 0 Å². The minimum atomic E-state index is -3.94. The van der Waals surface area contributed by atoms with Gasteiger partial charge in [-0.15, -0.1) is 0 Å². The van der Waals surface area contributed by atoms with E-state index in [4.69, 9.17) is 11.6 Å². The Balaban J connectivity index is 2.81. The maximum atomic E-state index is 11.9. The van der Waals surface area contributed by atoms with Crippen LogP contribution in [0.4, 0.5) is 5.69 Å². The van der Waals surface area contributed by atoms with E-state index in [1.165, 1.54) is 0 Å². The topological polar surface area (TPSA) is 118 Å².